The van der Waals surface area contributed by atoms with Gasteiger partial charge in [0.15, 0.2) is 0 Å². The van der Waals surface area contributed by atoms with Gasteiger partial charge in [-0.15, -0.1) is 0 Å². The molecule has 0 radical (unpaired) electrons. The molecule has 0 amide bonds. The molecule has 18 heavy (non-hydrogen) atoms. The molecular weight excluding hydrogens is 216 g/mol. The molecule has 0 rings (SSSR count). The van der Waals surface area contributed by atoms with Gasteiger partial charge in [0.05, 0.1) is 0 Å². The summed E-state index contributed by atoms with van der Waals surface area (Å²) in [6.07, 6.45) is 28.7. The predicted octanol–water partition coefficient (Wildman–Crippen LogP) is 5.92. The van der Waals surface area contributed by atoms with Gasteiger partial charge in [0, 0.05) is 0 Å². The Kier molecular flexibility index (Phi) is 14.1. The van der Waals surface area contributed by atoms with Crippen LogP contribution in [-0.2, 0) is 0 Å². The lowest BCUT2D eigenvalue weighted by Gasteiger charge is -1.92. The summed E-state index contributed by atoms with van der Waals surface area (Å²) in [7, 11) is 0. The molecule has 0 unspecified atom stereocenters. The van der Waals surface area contributed by atoms with E-state index in [9.17, 15) is 0 Å². The van der Waals surface area contributed by atoms with E-state index >= 15 is 0 Å². The third kappa shape index (κ3) is 14.4. The molecule has 0 aliphatic rings. The van der Waals surface area contributed by atoms with Crippen molar-refractivity contribution in [2.45, 2.75) is 39.0 Å². The molecule has 98 valence electrons. The van der Waals surface area contributed by atoms with Crippen LogP contribution in [0.5, 0.6) is 0 Å². The van der Waals surface area contributed by atoms with Crippen molar-refractivity contribution in [3.63, 3.8) is 0 Å². The van der Waals surface area contributed by atoms with Crippen LogP contribution in [0.4, 0.5) is 0 Å². The Morgan fingerprint density at radius 2 is 1.22 bits per heavy atom. The summed E-state index contributed by atoms with van der Waals surface area (Å²) in [4.78, 5) is 0. The summed E-state index contributed by atoms with van der Waals surface area (Å²) >= 11 is 0. The Bertz CT molecular complexity index is 311. The summed E-state index contributed by atoms with van der Waals surface area (Å²) in [6, 6.07) is 0. The first-order valence-electron chi connectivity index (χ1n) is 6.86. The van der Waals surface area contributed by atoms with Crippen molar-refractivity contribution in [2.75, 3.05) is 0 Å². The lowest BCUT2D eigenvalue weighted by Crippen LogP contribution is -1.72. The number of hydrogen-bond acceptors (Lipinski definition) is 0. The summed E-state index contributed by atoms with van der Waals surface area (Å²) in [5.74, 6) is 0. The fourth-order valence-electron chi connectivity index (χ4n) is 1.39. The molecule has 0 saturated carbocycles. The third-order valence-electron chi connectivity index (χ3n) is 2.39. The monoisotopic (exact) mass is 242 g/mol. The van der Waals surface area contributed by atoms with Crippen LogP contribution in [0.1, 0.15) is 39.0 Å². The van der Waals surface area contributed by atoms with Gasteiger partial charge in [-0.2, -0.15) is 0 Å². The quantitative estimate of drug-likeness (QED) is 0.329. The average molecular weight is 242 g/mol. The molecule has 0 spiro atoms. The van der Waals surface area contributed by atoms with Gasteiger partial charge in [-0.05, 0) is 12.8 Å². The van der Waals surface area contributed by atoms with Crippen molar-refractivity contribution in [3.8, 4) is 0 Å². The fourth-order valence-corrected chi connectivity index (χ4v) is 1.39. The summed E-state index contributed by atoms with van der Waals surface area (Å²) in [5.41, 5.74) is 0. The molecule has 0 nitrogen and oxygen atoms in total. The zero-order chi connectivity index (χ0) is 13.3. The zero-order valence-electron chi connectivity index (χ0n) is 11.6. The molecule has 0 aromatic rings. The fraction of sp³-hybridized carbons (Fsp3) is 0.333. The normalized spacial score (nSPS) is 12.9. The van der Waals surface area contributed by atoms with E-state index in [4.69, 9.17) is 0 Å². The molecule has 0 aliphatic carbocycles. The van der Waals surface area contributed by atoms with Crippen LogP contribution in [0, 0.1) is 0 Å². The van der Waals surface area contributed by atoms with Gasteiger partial charge >= 0.3 is 0 Å². The summed E-state index contributed by atoms with van der Waals surface area (Å²) in [5, 5.41) is 0. The van der Waals surface area contributed by atoms with E-state index in [2.05, 4.69) is 31.7 Å². The van der Waals surface area contributed by atoms with E-state index in [0.717, 1.165) is 0 Å². The maximum absolute atomic E-state index is 3.60. The topological polar surface area (TPSA) is 0 Å². The number of allylic oxidation sites excluding steroid dienone is 11. The second kappa shape index (κ2) is 15.4. The Morgan fingerprint density at radius 1 is 0.667 bits per heavy atom. The average Bonchev–Trinajstić information content (AvgIpc) is 2.39. The maximum atomic E-state index is 3.60. The molecule has 0 aliphatic heterocycles. The zero-order valence-corrected chi connectivity index (χ0v) is 11.6. The van der Waals surface area contributed by atoms with Gasteiger partial charge in [0.1, 0.15) is 0 Å². The number of hydrogen-bond donors (Lipinski definition) is 0. The highest BCUT2D eigenvalue weighted by Gasteiger charge is 1.82. The summed E-state index contributed by atoms with van der Waals surface area (Å²) < 4.78 is 0. The van der Waals surface area contributed by atoms with Crippen LogP contribution in [0.15, 0.2) is 73.4 Å². The smallest absolute Gasteiger partial charge is 0.0348 e. The molecule has 0 aromatic carbocycles. The van der Waals surface area contributed by atoms with Crippen molar-refractivity contribution in [1.82, 2.24) is 0 Å². The maximum Gasteiger partial charge on any atom is -0.0348 e. The van der Waals surface area contributed by atoms with Crippen molar-refractivity contribution < 1.29 is 0 Å². The highest BCUT2D eigenvalue weighted by Crippen LogP contribution is 2.02. The van der Waals surface area contributed by atoms with Crippen molar-refractivity contribution in [3.05, 3.63) is 73.4 Å². The van der Waals surface area contributed by atoms with Crippen LogP contribution in [-0.4, -0.2) is 0 Å². The van der Waals surface area contributed by atoms with Gasteiger partial charge in [-0.1, -0.05) is 99.6 Å². The number of unbranched alkanes of at least 4 members (excludes halogenated alkanes) is 4. The van der Waals surface area contributed by atoms with E-state index in [0.29, 0.717) is 0 Å². The van der Waals surface area contributed by atoms with Gasteiger partial charge in [-0.3, -0.25) is 0 Å². The van der Waals surface area contributed by atoms with Crippen LogP contribution >= 0.6 is 0 Å². The molecule has 0 atom stereocenters. The minimum Gasteiger partial charge on any atom is -0.0991 e. The molecule has 0 fully saturated rings. The predicted molar refractivity (Wildman–Crippen MR) is 84.7 cm³/mol. The first-order valence-corrected chi connectivity index (χ1v) is 6.86. The van der Waals surface area contributed by atoms with E-state index < -0.39 is 0 Å². The van der Waals surface area contributed by atoms with Crippen molar-refractivity contribution in [1.29, 1.82) is 0 Å². The van der Waals surface area contributed by atoms with E-state index in [1.807, 2.05) is 42.5 Å². The standard InChI is InChI=1S/C18H26/c1-3-5-7-9-11-13-15-17-18-16-14-12-10-8-6-4-2/h3,5,7,9,11,13-18H,1,4,6,8,10,12H2,2H3. The van der Waals surface area contributed by atoms with Gasteiger partial charge in [0.25, 0.3) is 0 Å². The minimum absolute atomic E-state index is 1.19. The van der Waals surface area contributed by atoms with Crippen LogP contribution in [0.2, 0.25) is 0 Å². The molecule has 0 heteroatoms. The Labute approximate surface area is 113 Å². The lowest BCUT2D eigenvalue weighted by atomic mass is 10.1. The third-order valence-corrected chi connectivity index (χ3v) is 2.39. The highest BCUT2D eigenvalue weighted by molar-refractivity contribution is 5.18. The van der Waals surface area contributed by atoms with Gasteiger partial charge < -0.3 is 0 Å². The van der Waals surface area contributed by atoms with Gasteiger partial charge in [0.2, 0.25) is 0 Å². The van der Waals surface area contributed by atoms with E-state index in [1.165, 1.54) is 32.1 Å². The van der Waals surface area contributed by atoms with E-state index in [1.54, 1.807) is 6.08 Å². The van der Waals surface area contributed by atoms with Crippen LogP contribution in [0.3, 0.4) is 0 Å². The molecular formula is C18H26. The van der Waals surface area contributed by atoms with Crippen molar-refractivity contribution >= 4 is 0 Å². The molecule has 0 saturated heterocycles. The van der Waals surface area contributed by atoms with Crippen molar-refractivity contribution in [2.24, 2.45) is 0 Å². The largest absolute Gasteiger partial charge is 0.0991 e. The molecule has 0 heterocycles. The Morgan fingerprint density at radius 3 is 1.78 bits per heavy atom. The molecule has 0 bridgehead atoms. The summed E-state index contributed by atoms with van der Waals surface area (Å²) in [6.45, 7) is 5.84. The Balaban J connectivity index is 3.54. The van der Waals surface area contributed by atoms with Gasteiger partial charge in [-0.25, -0.2) is 0 Å². The second-order valence-electron chi connectivity index (χ2n) is 4.05. The van der Waals surface area contributed by atoms with Crippen LogP contribution < -0.4 is 0 Å². The number of rotatable bonds is 10. The minimum atomic E-state index is 1.19. The SMILES string of the molecule is C=CC=CC=CC=CC=CC=CCCCCCC. The highest BCUT2D eigenvalue weighted by atomic mass is 13.9. The Hall–Kier alpha value is -1.56. The molecule has 0 aromatic heterocycles. The van der Waals surface area contributed by atoms with Crippen LogP contribution in [0.25, 0.3) is 0 Å². The molecule has 0 N–H and O–H groups in total. The first kappa shape index (κ1) is 16.4. The second-order valence-corrected chi connectivity index (χ2v) is 4.05. The lowest BCUT2D eigenvalue weighted by molar-refractivity contribution is 0.674. The van der Waals surface area contributed by atoms with E-state index in [-0.39, 0.29) is 0 Å². The first-order chi connectivity index (χ1) is 8.91.